The maximum atomic E-state index is 11.9. The highest BCUT2D eigenvalue weighted by molar-refractivity contribution is 5.96. The third-order valence-electron chi connectivity index (χ3n) is 2.60. The molecule has 7 nitrogen and oxygen atoms in total. The number of amides is 1. The number of para-hydroxylation sites is 1. The zero-order valence-electron chi connectivity index (χ0n) is 10.6. The van der Waals surface area contributed by atoms with E-state index in [4.69, 9.17) is 4.74 Å². The predicted molar refractivity (Wildman–Crippen MR) is 67.8 cm³/mol. The van der Waals surface area contributed by atoms with E-state index in [1.807, 2.05) is 6.07 Å². The highest BCUT2D eigenvalue weighted by Crippen LogP contribution is 2.16. The van der Waals surface area contributed by atoms with Crippen molar-refractivity contribution in [2.45, 2.75) is 12.8 Å². The largest absolute Gasteiger partial charge is 0.496 e. The van der Waals surface area contributed by atoms with Crippen LogP contribution in [0.5, 0.6) is 5.75 Å². The molecule has 1 aromatic heterocycles. The number of aromatic nitrogens is 4. The van der Waals surface area contributed by atoms with Gasteiger partial charge in [-0.05, 0) is 18.6 Å². The molecule has 0 aliphatic heterocycles. The summed E-state index contributed by atoms with van der Waals surface area (Å²) in [5, 5.41) is 16.4. The Morgan fingerprint density at radius 2 is 2.26 bits per heavy atom. The van der Waals surface area contributed by atoms with Crippen molar-refractivity contribution in [3.05, 3.63) is 35.7 Å². The van der Waals surface area contributed by atoms with Crippen LogP contribution in [0.25, 0.3) is 0 Å². The monoisotopic (exact) mass is 261 g/mol. The third kappa shape index (κ3) is 3.51. The van der Waals surface area contributed by atoms with Gasteiger partial charge in [-0.2, -0.15) is 5.21 Å². The number of hydrogen-bond acceptors (Lipinski definition) is 5. The van der Waals surface area contributed by atoms with Crippen LogP contribution in [-0.2, 0) is 6.42 Å². The Morgan fingerprint density at radius 3 is 3.00 bits per heavy atom. The van der Waals surface area contributed by atoms with E-state index in [2.05, 4.69) is 25.9 Å². The molecular formula is C12H15N5O2. The van der Waals surface area contributed by atoms with Crippen molar-refractivity contribution in [2.24, 2.45) is 0 Å². The number of carbonyl (C=O) groups excluding carboxylic acids is 1. The second-order valence-corrected chi connectivity index (χ2v) is 3.89. The maximum Gasteiger partial charge on any atom is 0.255 e. The van der Waals surface area contributed by atoms with E-state index in [-0.39, 0.29) is 5.91 Å². The minimum Gasteiger partial charge on any atom is -0.496 e. The summed E-state index contributed by atoms with van der Waals surface area (Å²) in [5.74, 6) is 1.07. The van der Waals surface area contributed by atoms with Gasteiger partial charge in [0.25, 0.3) is 5.91 Å². The summed E-state index contributed by atoms with van der Waals surface area (Å²) in [6, 6.07) is 7.12. The number of aromatic amines is 1. The third-order valence-corrected chi connectivity index (χ3v) is 2.60. The molecule has 0 radical (unpaired) electrons. The lowest BCUT2D eigenvalue weighted by Crippen LogP contribution is -2.25. The average molecular weight is 261 g/mol. The normalized spacial score (nSPS) is 10.2. The summed E-state index contributed by atoms with van der Waals surface area (Å²) < 4.78 is 5.14. The van der Waals surface area contributed by atoms with Crippen LogP contribution in [0, 0.1) is 0 Å². The number of carbonyl (C=O) groups is 1. The van der Waals surface area contributed by atoms with E-state index in [9.17, 15) is 4.79 Å². The fourth-order valence-electron chi connectivity index (χ4n) is 1.66. The zero-order chi connectivity index (χ0) is 13.5. The molecule has 0 aliphatic rings. The van der Waals surface area contributed by atoms with Gasteiger partial charge in [0, 0.05) is 13.0 Å². The molecule has 1 heterocycles. The van der Waals surface area contributed by atoms with Crippen LogP contribution in [0.1, 0.15) is 22.6 Å². The van der Waals surface area contributed by atoms with Crippen molar-refractivity contribution in [3.63, 3.8) is 0 Å². The Morgan fingerprint density at radius 1 is 1.42 bits per heavy atom. The number of tetrazole rings is 1. The van der Waals surface area contributed by atoms with Crippen molar-refractivity contribution in [1.82, 2.24) is 25.9 Å². The number of methoxy groups -OCH3 is 1. The maximum absolute atomic E-state index is 11.9. The summed E-state index contributed by atoms with van der Waals surface area (Å²) in [7, 11) is 1.54. The van der Waals surface area contributed by atoms with Gasteiger partial charge < -0.3 is 10.1 Å². The van der Waals surface area contributed by atoms with Gasteiger partial charge in [-0.3, -0.25) is 4.79 Å². The smallest absolute Gasteiger partial charge is 0.255 e. The van der Waals surface area contributed by atoms with Gasteiger partial charge >= 0.3 is 0 Å². The number of H-pyrrole nitrogens is 1. The minimum absolute atomic E-state index is 0.148. The minimum atomic E-state index is -0.148. The van der Waals surface area contributed by atoms with Crippen molar-refractivity contribution >= 4 is 5.91 Å². The molecule has 0 bridgehead atoms. The molecule has 19 heavy (non-hydrogen) atoms. The van der Waals surface area contributed by atoms with Gasteiger partial charge in [0.15, 0.2) is 5.82 Å². The molecule has 0 spiro atoms. The molecule has 2 aromatic rings. The van der Waals surface area contributed by atoms with Crippen LogP contribution >= 0.6 is 0 Å². The summed E-state index contributed by atoms with van der Waals surface area (Å²) in [4.78, 5) is 11.9. The van der Waals surface area contributed by atoms with E-state index >= 15 is 0 Å². The fraction of sp³-hybridized carbons (Fsp3) is 0.333. The number of nitrogens with one attached hydrogen (secondary N) is 2. The molecule has 100 valence electrons. The summed E-state index contributed by atoms with van der Waals surface area (Å²) >= 11 is 0. The highest BCUT2D eigenvalue weighted by atomic mass is 16.5. The number of hydrogen-bond donors (Lipinski definition) is 2. The van der Waals surface area contributed by atoms with E-state index in [0.29, 0.717) is 30.1 Å². The quantitative estimate of drug-likeness (QED) is 0.742. The van der Waals surface area contributed by atoms with Gasteiger partial charge in [0.2, 0.25) is 0 Å². The van der Waals surface area contributed by atoms with Crippen LogP contribution in [0.3, 0.4) is 0 Å². The Bertz CT molecular complexity index is 527. The summed E-state index contributed by atoms with van der Waals surface area (Å²) in [6.07, 6.45) is 1.42. The lowest BCUT2D eigenvalue weighted by Gasteiger charge is -2.08. The first kappa shape index (κ1) is 13.0. The van der Waals surface area contributed by atoms with Crippen molar-refractivity contribution in [3.8, 4) is 5.75 Å². The average Bonchev–Trinajstić information content (AvgIpc) is 2.96. The summed E-state index contributed by atoms with van der Waals surface area (Å²) in [6.45, 7) is 0.547. The molecule has 0 atom stereocenters. The number of benzene rings is 1. The first-order chi connectivity index (χ1) is 9.31. The Kier molecular flexibility index (Phi) is 4.44. The SMILES string of the molecule is COc1ccccc1C(=O)NCCCc1nn[nH]n1. The zero-order valence-corrected chi connectivity index (χ0v) is 10.6. The Hall–Kier alpha value is -2.44. The molecule has 1 amide bonds. The van der Waals surface area contributed by atoms with Gasteiger partial charge in [-0.25, -0.2) is 0 Å². The van der Waals surface area contributed by atoms with Crippen LogP contribution < -0.4 is 10.1 Å². The molecule has 7 heteroatoms. The second-order valence-electron chi connectivity index (χ2n) is 3.89. The Balaban J connectivity index is 1.81. The molecule has 0 saturated heterocycles. The van der Waals surface area contributed by atoms with Crippen molar-refractivity contribution in [2.75, 3.05) is 13.7 Å². The number of nitrogens with zero attached hydrogens (tertiary/aromatic N) is 3. The van der Waals surface area contributed by atoms with Crippen LogP contribution in [-0.4, -0.2) is 40.2 Å². The van der Waals surface area contributed by atoms with E-state index in [1.54, 1.807) is 25.3 Å². The van der Waals surface area contributed by atoms with E-state index < -0.39 is 0 Å². The highest BCUT2D eigenvalue weighted by Gasteiger charge is 2.10. The summed E-state index contributed by atoms with van der Waals surface area (Å²) in [5.41, 5.74) is 0.532. The van der Waals surface area contributed by atoms with E-state index in [1.165, 1.54) is 0 Å². The molecule has 1 aromatic carbocycles. The van der Waals surface area contributed by atoms with Gasteiger partial charge in [-0.1, -0.05) is 17.3 Å². The molecule has 0 saturated carbocycles. The first-order valence-electron chi connectivity index (χ1n) is 5.95. The standard InChI is InChI=1S/C12H15N5O2/c1-19-10-6-3-2-5-9(10)12(18)13-8-4-7-11-14-16-17-15-11/h2-3,5-6H,4,7-8H2,1H3,(H,13,18)(H,14,15,16,17). The number of rotatable bonds is 6. The molecule has 2 rings (SSSR count). The number of ether oxygens (including phenoxy) is 1. The first-order valence-corrected chi connectivity index (χ1v) is 5.95. The van der Waals surface area contributed by atoms with Crippen LogP contribution in [0.4, 0.5) is 0 Å². The van der Waals surface area contributed by atoms with Gasteiger partial charge in [0.05, 0.1) is 12.7 Å². The van der Waals surface area contributed by atoms with Crippen LogP contribution in [0.15, 0.2) is 24.3 Å². The second kappa shape index (κ2) is 6.48. The molecule has 0 fully saturated rings. The topological polar surface area (TPSA) is 92.8 Å². The van der Waals surface area contributed by atoms with Crippen LogP contribution in [0.2, 0.25) is 0 Å². The Labute approximate surface area is 110 Å². The molecular weight excluding hydrogens is 246 g/mol. The van der Waals surface area contributed by atoms with Crippen molar-refractivity contribution in [1.29, 1.82) is 0 Å². The molecule has 0 aliphatic carbocycles. The number of aryl methyl sites for hydroxylation is 1. The van der Waals surface area contributed by atoms with Gasteiger partial charge in [-0.15, -0.1) is 10.2 Å². The molecule has 2 N–H and O–H groups in total. The van der Waals surface area contributed by atoms with Crippen molar-refractivity contribution < 1.29 is 9.53 Å². The fourth-order valence-corrected chi connectivity index (χ4v) is 1.66. The van der Waals surface area contributed by atoms with E-state index in [0.717, 1.165) is 6.42 Å². The van der Waals surface area contributed by atoms with Gasteiger partial charge in [0.1, 0.15) is 5.75 Å². The lowest BCUT2D eigenvalue weighted by molar-refractivity contribution is 0.0950. The lowest BCUT2D eigenvalue weighted by atomic mass is 10.2. The predicted octanol–water partition coefficient (Wildman–Crippen LogP) is 0.571. The molecule has 0 unspecified atom stereocenters.